The van der Waals surface area contributed by atoms with Gasteiger partial charge in [-0.25, -0.2) is 0 Å². The van der Waals surface area contributed by atoms with E-state index in [-0.39, 0.29) is 30.0 Å². The van der Waals surface area contributed by atoms with Crippen LogP contribution >= 0.6 is 11.8 Å². The molecule has 0 unspecified atom stereocenters. The third kappa shape index (κ3) is 6.96. The number of carbonyl (C=O) groups is 3. The summed E-state index contributed by atoms with van der Waals surface area (Å²) in [7, 11) is 3.15. The monoisotopic (exact) mass is 401 g/mol. The van der Waals surface area contributed by atoms with E-state index in [0.717, 1.165) is 4.90 Å². The Morgan fingerprint density at radius 2 is 1.75 bits per heavy atom. The Morgan fingerprint density at radius 3 is 2.39 bits per heavy atom. The molecule has 0 fully saturated rings. The summed E-state index contributed by atoms with van der Waals surface area (Å²) in [4.78, 5) is 37.7. The number of amides is 3. The van der Waals surface area contributed by atoms with Gasteiger partial charge in [0.1, 0.15) is 5.75 Å². The van der Waals surface area contributed by atoms with Crippen LogP contribution in [0.5, 0.6) is 5.75 Å². The number of methoxy groups -OCH3 is 1. The van der Waals surface area contributed by atoms with Crippen LogP contribution in [0.4, 0.5) is 11.4 Å². The van der Waals surface area contributed by atoms with Crippen LogP contribution in [0.25, 0.3) is 0 Å². The number of benzene rings is 2. The molecule has 3 amide bonds. The van der Waals surface area contributed by atoms with Crippen molar-refractivity contribution >= 4 is 40.9 Å². The number of nitrogens with one attached hydrogen (secondary N) is 2. The molecule has 0 heterocycles. The second kappa shape index (κ2) is 10.4. The second-order valence-electron chi connectivity index (χ2n) is 6.02. The topological polar surface area (TPSA) is 87.7 Å². The van der Waals surface area contributed by atoms with Crippen LogP contribution in [-0.2, 0) is 14.4 Å². The van der Waals surface area contributed by atoms with Gasteiger partial charge < -0.3 is 20.3 Å². The zero-order chi connectivity index (χ0) is 20.5. The maximum atomic E-state index is 12.3. The lowest BCUT2D eigenvalue weighted by Gasteiger charge is -2.17. The van der Waals surface area contributed by atoms with Crippen molar-refractivity contribution in [3.63, 3.8) is 0 Å². The molecule has 0 atom stereocenters. The normalized spacial score (nSPS) is 10.1. The van der Waals surface area contributed by atoms with Crippen LogP contribution in [0.2, 0.25) is 0 Å². The summed E-state index contributed by atoms with van der Waals surface area (Å²) in [5.74, 6) is 0.278. The van der Waals surface area contributed by atoms with E-state index in [2.05, 4.69) is 10.6 Å². The summed E-state index contributed by atoms with van der Waals surface area (Å²) >= 11 is 1.37. The molecule has 0 bridgehead atoms. The van der Waals surface area contributed by atoms with Gasteiger partial charge in [-0.2, -0.15) is 0 Å². The van der Waals surface area contributed by atoms with E-state index in [0.29, 0.717) is 17.1 Å². The molecule has 8 heteroatoms. The SMILES string of the molecule is COc1cccc(NC(=O)CN(C)C(=O)CSc2ccc(NC(C)=O)cc2)c1. The number of thioether (sulfide) groups is 1. The minimum absolute atomic E-state index is 0.0436. The molecule has 0 aliphatic rings. The molecule has 7 nitrogen and oxygen atoms in total. The lowest BCUT2D eigenvalue weighted by atomic mass is 10.3. The zero-order valence-corrected chi connectivity index (χ0v) is 16.8. The number of nitrogens with zero attached hydrogens (tertiary/aromatic N) is 1. The Morgan fingerprint density at radius 1 is 1.04 bits per heavy atom. The highest BCUT2D eigenvalue weighted by molar-refractivity contribution is 8.00. The van der Waals surface area contributed by atoms with Crippen LogP contribution in [0, 0.1) is 0 Å². The van der Waals surface area contributed by atoms with Gasteiger partial charge >= 0.3 is 0 Å². The number of rotatable bonds is 8. The molecular formula is C20H23N3O4S. The van der Waals surface area contributed by atoms with Crippen molar-refractivity contribution in [2.75, 3.05) is 37.1 Å². The third-order valence-corrected chi connectivity index (χ3v) is 4.69. The molecule has 0 radical (unpaired) electrons. The first kappa shape index (κ1) is 21.3. The average Bonchev–Trinajstić information content (AvgIpc) is 2.66. The number of hydrogen-bond acceptors (Lipinski definition) is 5. The van der Waals surface area contributed by atoms with Gasteiger partial charge in [0, 0.05) is 36.3 Å². The fourth-order valence-electron chi connectivity index (χ4n) is 2.30. The molecule has 2 rings (SSSR count). The number of ether oxygens (including phenoxy) is 1. The van der Waals surface area contributed by atoms with E-state index in [1.165, 1.54) is 23.6 Å². The Hall–Kier alpha value is -3.00. The van der Waals surface area contributed by atoms with Crippen molar-refractivity contribution < 1.29 is 19.1 Å². The van der Waals surface area contributed by atoms with Gasteiger partial charge in [-0.05, 0) is 36.4 Å². The lowest BCUT2D eigenvalue weighted by Crippen LogP contribution is -2.35. The predicted molar refractivity (Wildman–Crippen MR) is 111 cm³/mol. The zero-order valence-electron chi connectivity index (χ0n) is 16.0. The summed E-state index contributed by atoms with van der Waals surface area (Å²) in [5.41, 5.74) is 1.31. The summed E-state index contributed by atoms with van der Waals surface area (Å²) < 4.78 is 5.12. The maximum absolute atomic E-state index is 12.3. The van der Waals surface area contributed by atoms with Gasteiger partial charge in [0.15, 0.2) is 0 Å². The molecule has 0 aromatic heterocycles. The molecule has 0 saturated heterocycles. The lowest BCUT2D eigenvalue weighted by molar-refractivity contribution is -0.131. The molecule has 0 aliphatic heterocycles. The fraction of sp³-hybridized carbons (Fsp3) is 0.250. The van der Waals surface area contributed by atoms with Crippen molar-refractivity contribution in [2.24, 2.45) is 0 Å². The number of anilines is 2. The standard InChI is InChI=1S/C20H23N3O4S/c1-14(24)21-15-7-9-18(10-8-15)28-13-20(26)23(2)12-19(25)22-16-5-4-6-17(11-16)27-3/h4-11H,12-13H2,1-3H3,(H,21,24)(H,22,25). The first-order chi connectivity index (χ1) is 13.4. The highest BCUT2D eigenvalue weighted by atomic mass is 32.2. The first-order valence-electron chi connectivity index (χ1n) is 8.55. The van der Waals surface area contributed by atoms with Gasteiger partial charge in [-0.15, -0.1) is 11.8 Å². The number of hydrogen-bond donors (Lipinski definition) is 2. The molecule has 0 spiro atoms. The fourth-order valence-corrected chi connectivity index (χ4v) is 3.14. The van der Waals surface area contributed by atoms with Crippen molar-refractivity contribution in [2.45, 2.75) is 11.8 Å². The van der Waals surface area contributed by atoms with Gasteiger partial charge in [-0.1, -0.05) is 6.07 Å². The molecule has 2 aromatic rings. The second-order valence-corrected chi connectivity index (χ2v) is 7.07. The molecular weight excluding hydrogens is 378 g/mol. The quantitative estimate of drug-likeness (QED) is 0.664. The third-order valence-electron chi connectivity index (χ3n) is 3.70. The van der Waals surface area contributed by atoms with Crippen LogP contribution in [-0.4, -0.2) is 49.1 Å². The average molecular weight is 401 g/mol. The largest absolute Gasteiger partial charge is 0.497 e. The summed E-state index contributed by atoms with van der Waals surface area (Å²) in [6.45, 7) is 1.40. The molecule has 0 aliphatic carbocycles. The van der Waals surface area contributed by atoms with Crippen LogP contribution in [0.15, 0.2) is 53.4 Å². The summed E-state index contributed by atoms with van der Waals surface area (Å²) in [5, 5.41) is 5.43. The minimum Gasteiger partial charge on any atom is -0.497 e. The van der Waals surface area contributed by atoms with Crippen LogP contribution < -0.4 is 15.4 Å². The number of carbonyl (C=O) groups excluding carboxylic acids is 3. The van der Waals surface area contributed by atoms with Crippen molar-refractivity contribution in [1.29, 1.82) is 0 Å². The van der Waals surface area contributed by atoms with Gasteiger partial charge in [0.25, 0.3) is 0 Å². The van der Waals surface area contributed by atoms with Gasteiger partial charge in [0.05, 0.1) is 19.4 Å². The highest BCUT2D eigenvalue weighted by Crippen LogP contribution is 2.21. The van der Waals surface area contributed by atoms with E-state index >= 15 is 0 Å². The Balaban J connectivity index is 1.80. The smallest absolute Gasteiger partial charge is 0.243 e. The van der Waals surface area contributed by atoms with Gasteiger partial charge in [0.2, 0.25) is 17.7 Å². The number of likely N-dealkylation sites (N-methyl/N-ethyl adjacent to an activating group) is 1. The van der Waals surface area contributed by atoms with E-state index in [1.54, 1.807) is 50.6 Å². The molecule has 148 valence electrons. The van der Waals surface area contributed by atoms with Crippen molar-refractivity contribution in [1.82, 2.24) is 4.90 Å². The maximum Gasteiger partial charge on any atom is 0.243 e. The summed E-state index contributed by atoms with van der Waals surface area (Å²) in [6, 6.07) is 14.2. The van der Waals surface area contributed by atoms with E-state index in [4.69, 9.17) is 4.74 Å². The Bertz CT molecular complexity index is 840. The molecule has 28 heavy (non-hydrogen) atoms. The van der Waals surface area contributed by atoms with E-state index < -0.39 is 0 Å². The molecule has 0 saturated carbocycles. The predicted octanol–water partition coefficient (Wildman–Crippen LogP) is 2.84. The van der Waals surface area contributed by atoms with Crippen LogP contribution in [0.1, 0.15) is 6.92 Å². The van der Waals surface area contributed by atoms with E-state index in [1.807, 2.05) is 12.1 Å². The highest BCUT2D eigenvalue weighted by Gasteiger charge is 2.14. The Labute approximate surface area is 168 Å². The minimum atomic E-state index is -0.284. The molecule has 2 N–H and O–H groups in total. The van der Waals surface area contributed by atoms with Crippen LogP contribution in [0.3, 0.4) is 0 Å². The van der Waals surface area contributed by atoms with Crippen molar-refractivity contribution in [3.05, 3.63) is 48.5 Å². The Kier molecular flexibility index (Phi) is 7.88. The van der Waals surface area contributed by atoms with Crippen molar-refractivity contribution in [3.8, 4) is 5.75 Å². The first-order valence-corrected chi connectivity index (χ1v) is 9.54. The molecule has 2 aromatic carbocycles. The van der Waals surface area contributed by atoms with Gasteiger partial charge in [-0.3, -0.25) is 14.4 Å². The summed E-state index contributed by atoms with van der Waals surface area (Å²) in [6.07, 6.45) is 0. The van der Waals surface area contributed by atoms with E-state index in [9.17, 15) is 14.4 Å².